The molecule has 1 fully saturated rings. The first kappa shape index (κ1) is 18.0. The van der Waals surface area contributed by atoms with Gasteiger partial charge in [0.25, 0.3) is 0 Å². The van der Waals surface area contributed by atoms with E-state index in [0.717, 1.165) is 55.4 Å². The molecular formula is C23H26N2O2. The molecule has 1 saturated heterocycles. The zero-order valence-electron chi connectivity index (χ0n) is 15.8. The second-order valence-electron chi connectivity index (χ2n) is 7.63. The summed E-state index contributed by atoms with van der Waals surface area (Å²) in [6.45, 7) is 4.78. The van der Waals surface area contributed by atoms with Crippen molar-refractivity contribution in [2.75, 3.05) is 13.1 Å². The summed E-state index contributed by atoms with van der Waals surface area (Å²) in [6, 6.07) is 18.4. The van der Waals surface area contributed by atoms with Crippen LogP contribution in [-0.2, 0) is 13.0 Å². The van der Waals surface area contributed by atoms with Gasteiger partial charge in [-0.15, -0.1) is 0 Å². The van der Waals surface area contributed by atoms with Crippen LogP contribution in [-0.4, -0.2) is 18.6 Å². The summed E-state index contributed by atoms with van der Waals surface area (Å²) >= 11 is 0. The van der Waals surface area contributed by atoms with Gasteiger partial charge in [0.2, 0.25) is 0 Å². The van der Waals surface area contributed by atoms with Crippen LogP contribution in [0.1, 0.15) is 29.5 Å². The molecule has 0 bridgehead atoms. The summed E-state index contributed by atoms with van der Waals surface area (Å²) in [5.41, 5.74) is 3.94. The lowest BCUT2D eigenvalue weighted by molar-refractivity contribution is 0.238. The van der Waals surface area contributed by atoms with Gasteiger partial charge < -0.3 is 15.1 Å². The third kappa shape index (κ3) is 4.12. The Morgan fingerprint density at radius 1 is 1.04 bits per heavy atom. The molecule has 0 atom stereocenters. The summed E-state index contributed by atoms with van der Waals surface area (Å²) in [5, 5.41) is 8.30. The molecule has 2 heterocycles. The molecule has 4 rings (SSSR count). The van der Waals surface area contributed by atoms with Crippen LogP contribution in [0.3, 0.4) is 0 Å². The number of hydrogen-bond acceptors (Lipinski definition) is 4. The average molecular weight is 362 g/mol. The van der Waals surface area contributed by atoms with Crippen molar-refractivity contribution in [1.82, 2.24) is 10.6 Å². The molecule has 1 aliphatic heterocycles. The lowest BCUT2D eigenvalue weighted by Crippen LogP contribution is -2.53. The lowest BCUT2D eigenvalue weighted by atomic mass is 9.82. The van der Waals surface area contributed by atoms with Gasteiger partial charge in [0.15, 0.2) is 0 Å². The largest absolute Gasteiger partial charge is 0.423 e. The van der Waals surface area contributed by atoms with E-state index >= 15 is 0 Å². The number of hydrogen-bond donors (Lipinski definition) is 2. The highest BCUT2D eigenvalue weighted by molar-refractivity contribution is 5.80. The van der Waals surface area contributed by atoms with E-state index < -0.39 is 0 Å². The maximum Gasteiger partial charge on any atom is 0.336 e. The predicted molar refractivity (Wildman–Crippen MR) is 109 cm³/mol. The monoisotopic (exact) mass is 362 g/mol. The SMILES string of the molecule is Cc1cc(=O)oc2cc(CNC3(Cc4ccccc4)CCNCC3)ccc12. The zero-order valence-corrected chi connectivity index (χ0v) is 15.8. The van der Waals surface area contributed by atoms with Gasteiger partial charge in [0, 0.05) is 23.5 Å². The number of rotatable bonds is 5. The van der Waals surface area contributed by atoms with E-state index in [1.165, 1.54) is 5.56 Å². The first-order valence-electron chi connectivity index (χ1n) is 9.67. The fourth-order valence-corrected chi connectivity index (χ4v) is 4.08. The number of aryl methyl sites for hydroxylation is 1. The van der Waals surface area contributed by atoms with Crippen LogP contribution in [0, 0.1) is 6.92 Å². The highest BCUT2D eigenvalue weighted by atomic mass is 16.4. The fourth-order valence-electron chi connectivity index (χ4n) is 4.08. The van der Waals surface area contributed by atoms with E-state index in [-0.39, 0.29) is 11.2 Å². The molecule has 3 aromatic rings. The van der Waals surface area contributed by atoms with Crippen LogP contribution in [0.2, 0.25) is 0 Å². The maximum atomic E-state index is 11.7. The molecule has 27 heavy (non-hydrogen) atoms. The minimum atomic E-state index is -0.288. The Bertz CT molecular complexity index is 973. The summed E-state index contributed by atoms with van der Waals surface area (Å²) < 4.78 is 5.40. The van der Waals surface area contributed by atoms with Gasteiger partial charge >= 0.3 is 5.63 Å². The van der Waals surface area contributed by atoms with Crippen molar-refractivity contribution < 1.29 is 4.42 Å². The van der Waals surface area contributed by atoms with Crippen LogP contribution in [0.25, 0.3) is 11.0 Å². The highest BCUT2D eigenvalue weighted by Gasteiger charge is 2.31. The quantitative estimate of drug-likeness (QED) is 0.682. The summed E-state index contributed by atoms with van der Waals surface area (Å²) in [6.07, 6.45) is 3.23. The maximum absolute atomic E-state index is 11.7. The molecule has 1 aromatic heterocycles. The summed E-state index contributed by atoms with van der Waals surface area (Å²) in [7, 11) is 0. The highest BCUT2D eigenvalue weighted by Crippen LogP contribution is 2.25. The molecule has 140 valence electrons. The topological polar surface area (TPSA) is 54.3 Å². The fraction of sp³-hybridized carbons (Fsp3) is 0.348. The number of nitrogens with one attached hydrogen (secondary N) is 2. The van der Waals surface area contributed by atoms with E-state index in [2.05, 4.69) is 53.1 Å². The Kier molecular flexibility index (Phi) is 5.10. The molecule has 2 N–H and O–H groups in total. The second-order valence-corrected chi connectivity index (χ2v) is 7.63. The van der Waals surface area contributed by atoms with E-state index in [1.54, 1.807) is 6.07 Å². The van der Waals surface area contributed by atoms with Crippen LogP contribution >= 0.6 is 0 Å². The molecule has 0 unspecified atom stereocenters. The standard InChI is InChI=1S/C23H26N2O2/c1-17-13-22(26)27-21-14-19(7-8-20(17)21)16-25-23(9-11-24-12-10-23)15-18-5-3-2-4-6-18/h2-8,13-14,24-25H,9-12,15-16H2,1H3. The minimum Gasteiger partial charge on any atom is -0.423 e. The molecule has 4 heteroatoms. The van der Waals surface area contributed by atoms with Crippen LogP contribution in [0.15, 0.2) is 63.8 Å². The third-order valence-electron chi connectivity index (χ3n) is 5.63. The molecule has 0 amide bonds. The van der Waals surface area contributed by atoms with Gasteiger partial charge in [-0.3, -0.25) is 0 Å². The molecule has 0 saturated carbocycles. The molecule has 1 aliphatic rings. The normalized spacial score (nSPS) is 16.5. The Hall–Kier alpha value is -2.43. The van der Waals surface area contributed by atoms with Crippen LogP contribution < -0.4 is 16.3 Å². The van der Waals surface area contributed by atoms with Crippen LogP contribution in [0.4, 0.5) is 0 Å². The van der Waals surface area contributed by atoms with Crippen LogP contribution in [0.5, 0.6) is 0 Å². The average Bonchev–Trinajstić information content (AvgIpc) is 2.67. The minimum absolute atomic E-state index is 0.0923. The van der Waals surface area contributed by atoms with Gasteiger partial charge in [0.1, 0.15) is 5.58 Å². The zero-order chi connectivity index (χ0) is 18.7. The number of benzene rings is 2. The van der Waals surface area contributed by atoms with Crippen molar-refractivity contribution in [2.45, 2.75) is 38.3 Å². The second kappa shape index (κ2) is 7.67. The van der Waals surface area contributed by atoms with Crippen molar-refractivity contribution >= 4 is 11.0 Å². The Morgan fingerprint density at radius 3 is 2.59 bits per heavy atom. The van der Waals surface area contributed by atoms with E-state index in [4.69, 9.17) is 4.42 Å². The number of fused-ring (bicyclic) bond motifs is 1. The summed E-state index contributed by atoms with van der Waals surface area (Å²) in [4.78, 5) is 11.7. The Labute approximate surface area is 159 Å². The van der Waals surface area contributed by atoms with Crippen molar-refractivity contribution in [2.24, 2.45) is 0 Å². The van der Waals surface area contributed by atoms with Gasteiger partial charge in [-0.1, -0.05) is 42.5 Å². The van der Waals surface area contributed by atoms with Gasteiger partial charge in [-0.05, 0) is 62.0 Å². The lowest BCUT2D eigenvalue weighted by Gasteiger charge is -2.39. The first-order valence-corrected chi connectivity index (χ1v) is 9.67. The molecule has 0 spiro atoms. The van der Waals surface area contributed by atoms with Crippen molar-refractivity contribution in [3.63, 3.8) is 0 Å². The van der Waals surface area contributed by atoms with Gasteiger partial charge in [-0.2, -0.15) is 0 Å². The molecule has 0 radical (unpaired) electrons. The smallest absolute Gasteiger partial charge is 0.336 e. The predicted octanol–water partition coefficient (Wildman–Crippen LogP) is 3.56. The third-order valence-corrected chi connectivity index (χ3v) is 5.63. The molecule has 0 aliphatic carbocycles. The van der Waals surface area contributed by atoms with E-state index in [0.29, 0.717) is 5.58 Å². The Morgan fingerprint density at radius 2 is 1.81 bits per heavy atom. The van der Waals surface area contributed by atoms with Crippen molar-refractivity contribution in [3.05, 3.63) is 81.7 Å². The first-order chi connectivity index (χ1) is 13.1. The molecule has 4 nitrogen and oxygen atoms in total. The summed E-state index contributed by atoms with van der Waals surface area (Å²) in [5.74, 6) is 0. The Balaban J connectivity index is 1.55. The van der Waals surface area contributed by atoms with E-state index in [1.807, 2.05) is 13.0 Å². The molecular weight excluding hydrogens is 336 g/mol. The number of piperidine rings is 1. The van der Waals surface area contributed by atoms with Crippen molar-refractivity contribution in [1.29, 1.82) is 0 Å². The van der Waals surface area contributed by atoms with Gasteiger partial charge in [-0.25, -0.2) is 4.79 Å². The van der Waals surface area contributed by atoms with Crippen molar-refractivity contribution in [3.8, 4) is 0 Å². The van der Waals surface area contributed by atoms with Gasteiger partial charge in [0.05, 0.1) is 0 Å². The molecule has 2 aromatic carbocycles. The van der Waals surface area contributed by atoms with E-state index in [9.17, 15) is 4.79 Å².